The topological polar surface area (TPSA) is 96.0 Å². The Bertz CT molecular complexity index is 380. The van der Waals surface area contributed by atoms with Gasteiger partial charge in [0.1, 0.15) is 6.04 Å². The number of hydrogen-bond donors (Lipinski definition) is 3. The Morgan fingerprint density at radius 1 is 1.47 bits per heavy atom. The first-order valence-corrected chi connectivity index (χ1v) is 4.38. The van der Waals surface area contributed by atoms with E-state index in [0.29, 0.717) is 0 Å². The van der Waals surface area contributed by atoms with E-state index < -0.39 is 6.04 Å². The summed E-state index contributed by atoms with van der Waals surface area (Å²) in [6, 6.07) is 1.08. The molecule has 0 saturated carbocycles. The highest BCUT2D eigenvalue weighted by Gasteiger charge is 2.27. The fraction of sp³-hybridized carbons (Fsp3) is 0.250. The number of carbonyl (C=O) groups excluding carboxylic acids is 2. The Morgan fingerprint density at radius 3 is 2.80 bits per heavy atom. The summed E-state index contributed by atoms with van der Waals surface area (Å²) < 4.78 is 0. The van der Waals surface area contributed by atoms with Gasteiger partial charge in [-0.05, 0) is 6.07 Å². The second-order valence-electron chi connectivity index (χ2n) is 3.01. The summed E-state index contributed by atoms with van der Waals surface area (Å²) in [6.45, 7) is 0. The van der Waals surface area contributed by atoms with E-state index in [2.05, 4.69) is 26.1 Å². The summed E-state index contributed by atoms with van der Waals surface area (Å²) >= 11 is 0. The summed E-state index contributed by atoms with van der Waals surface area (Å²) in [4.78, 5) is 30.0. The number of nitrogens with one attached hydrogen (secondary N) is 3. The van der Waals surface area contributed by atoms with Crippen LogP contribution in [-0.4, -0.2) is 27.8 Å². The highest BCUT2D eigenvalue weighted by molar-refractivity contribution is 5.97. The largest absolute Gasteiger partial charge is 0.293 e. The van der Waals surface area contributed by atoms with Crippen LogP contribution in [0, 0.1) is 0 Å². The third-order valence-corrected chi connectivity index (χ3v) is 1.89. The van der Waals surface area contributed by atoms with Gasteiger partial charge >= 0.3 is 0 Å². The Kier molecular flexibility index (Phi) is 2.55. The molecule has 7 heteroatoms. The van der Waals surface area contributed by atoms with Gasteiger partial charge in [-0.25, -0.2) is 15.4 Å². The minimum Gasteiger partial charge on any atom is -0.293 e. The molecule has 0 aliphatic carbocycles. The first-order chi connectivity index (χ1) is 7.25. The number of amides is 2. The van der Waals surface area contributed by atoms with Gasteiger partial charge in [0.2, 0.25) is 17.8 Å². The van der Waals surface area contributed by atoms with Gasteiger partial charge in [0.05, 0.1) is 6.42 Å². The molecule has 2 rings (SSSR count). The van der Waals surface area contributed by atoms with Gasteiger partial charge in [0.25, 0.3) is 0 Å². The van der Waals surface area contributed by atoms with Crippen LogP contribution in [0.2, 0.25) is 0 Å². The molecule has 1 aliphatic rings. The lowest BCUT2D eigenvalue weighted by molar-refractivity contribution is -0.121. The van der Waals surface area contributed by atoms with E-state index in [9.17, 15) is 9.59 Å². The van der Waals surface area contributed by atoms with E-state index in [1.165, 1.54) is 12.4 Å². The third-order valence-electron chi connectivity index (χ3n) is 1.89. The molecule has 1 unspecified atom stereocenters. The fourth-order valence-electron chi connectivity index (χ4n) is 1.17. The van der Waals surface area contributed by atoms with Gasteiger partial charge in [-0.3, -0.25) is 20.3 Å². The molecule has 3 N–H and O–H groups in total. The van der Waals surface area contributed by atoms with Crippen LogP contribution < -0.4 is 16.2 Å². The number of carbonyl (C=O) groups is 2. The molecule has 0 radical (unpaired) electrons. The van der Waals surface area contributed by atoms with Crippen molar-refractivity contribution in [1.82, 2.24) is 20.8 Å². The normalized spacial score (nSPS) is 19.7. The summed E-state index contributed by atoms with van der Waals surface area (Å²) in [5, 5.41) is 2.49. The van der Waals surface area contributed by atoms with Gasteiger partial charge in [0.15, 0.2) is 0 Å². The minimum absolute atomic E-state index is 0.124. The molecule has 0 aromatic carbocycles. The maximum absolute atomic E-state index is 11.5. The van der Waals surface area contributed by atoms with Crippen molar-refractivity contribution in [1.29, 1.82) is 0 Å². The predicted octanol–water partition coefficient (Wildman–Crippen LogP) is -1.19. The molecule has 0 bridgehead atoms. The second kappa shape index (κ2) is 4.01. The SMILES string of the molecule is O=C1CC(C(=O)Nc2ncccn2)NN1. The first kappa shape index (κ1) is 9.53. The predicted molar refractivity (Wildman–Crippen MR) is 50.3 cm³/mol. The average molecular weight is 207 g/mol. The molecule has 0 spiro atoms. The number of anilines is 1. The molecule has 1 atom stereocenters. The minimum atomic E-state index is -0.568. The standard InChI is InChI=1S/C8H9N5O2/c14-6-4-5(12-13-6)7(15)11-8-9-2-1-3-10-8/h1-3,5,12H,4H2,(H,13,14)(H,9,10,11,15). The molecule has 1 aromatic heterocycles. The monoisotopic (exact) mass is 207 g/mol. The van der Waals surface area contributed by atoms with Crippen molar-refractivity contribution in [2.24, 2.45) is 0 Å². The Morgan fingerprint density at radius 2 is 2.20 bits per heavy atom. The highest BCUT2D eigenvalue weighted by Crippen LogP contribution is 2.01. The van der Waals surface area contributed by atoms with Crippen LogP contribution in [0.1, 0.15) is 6.42 Å². The van der Waals surface area contributed by atoms with Crippen molar-refractivity contribution in [2.45, 2.75) is 12.5 Å². The molecule has 1 fully saturated rings. The number of hydrazine groups is 1. The lowest BCUT2D eigenvalue weighted by Gasteiger charge is -2.07. The zero-order valence-electron chi connectivity index (χ0n) is 7.73. The Labute approximate surface area is 85.3 Å². The number of rotatable bonds is 2. The molecular weight excluding hydrogens is 198 g/mol. The molecule has 1 aromatic rings. The molecule has 2 heterocycles. The molecule has 15 heavy (non-hydrogen) atoms. The molecule has 7 nitrogen and oxygen atoms in total. The molecule has 1 aliphatic heterocycles. The van der Waals surface area contributed by atoms with Crippen LogP contribution in [0.4, 0.5) is 5.95 Å². The smallest absolute Gasteiger partial charge is 0.246 e. The van der Waals surface area contributed by atoms with E-state index in [-0.39, 0.29) is 24.2 Å². The maximum Gasteiger partial charge on any atom is 0.246 e. The van der Waals surface area contributed by atoms with Crippen LogP contribution in [-0.2, 0) is 9.59 Å². The summed E-state index contributed by atoms with van der Waals surface area (Å²) in [6.07, 6.45) is 3.17. The zero-order chi connectivity index (χ0) is 10.7. The van der Waals surface area contributed by atoms with Gasteiger partial charge in [-0.2, -0.15) is 0 Å². The number of aromatic nitrogens is 2. The molecule has 78 valence electrons. The molecule has 2 amide bonds. The van der Waals surface area contributed by atoms with E-state index in [0.717, 1.165) is 0 Å². The van der Waals surface area contributed by atoms with Crippen LogP contribution in [0.25, 0.3) is 0 Å². The van der Waals surface area contributed by atoms with Crippen molar-refractivity contribution in [3.05, 3.63) is 18.5 Å². The van der Waals surface area contributed by atoms with Gasteiger partial charge in [-0.1, -0.05) is 0 Å². The summed E-state index contributed by atoms with van der Waals surface area (Å²) in [5.74, 6) is -0.313. The van der Waals surface area contributed by atoms with Crippen molar-refractivity contribution in [2.75, 3.05) is 5.32 Å². The third kappa shape index (κ3) is 2.26. The van der Waals surface area contributed by atoms with Crippen molar-refractivity contribution in [3.8, 4) is 0 Å². The maximum atomic E-state index is 11.5. The Balaban J connectivity index is 1.96. The lowest BCUT2D eigenvalue weighted by Crippen LogP contribution is -2.40. The second-order valence-corrected chi connectivity index (χ2v) is 3.01. The van der Waals surface area contributed by atoms with E-state index in [1.54, 1.807) is 6.07 Å². The van der Waals surface area contributed by atoms with Gasteiger partial charge in [-0.15, -0.1) is 0 Å². The van der Waals surface area contributed by atoms with Gasteiger partial charge in [0, 0.05) is 12.4 Å². The van der Waals surface area contributed by atoms with Crippen LogP contribution >= 0.6 is 0 Å². The first-order valence-electron chi connectivity index (χ1n) is 4.38. The number of hydrogen-bond acceptors (Lipinski definition) is 5. The van der Waals surface area contributed by atoms with Gasteiger partial charge < -0.3 is 0 Å². The van der Waals surface area contributed by atoms with Crippen molar-refractivity contribution in [3.63, 3.8) is 0 Å². The van der Waals surface area contributed by atoms with Crippen molar-refractivity contribution >= 4 is 17.8 Å². The van der Waals surface area contributed by atoms with E-state index in [4.69, 9.17) is 0 Å². The fourth-order valence-corrected chi connectivity index (χ4v) is 1.17. The van der Waals surface area contributed by atoms with Crippen LogP contribution in [0.3, 0.4) is 0 Å². The lowest BCUT2D eigenvalue weighted by atomic mass is 10.2. The van der Waals surface area contributed by atoms with Crippen molar-refractivity contribution < 1.29 is 9.59 Å². The summed E-state index contributed by atoms with van der Waals surface area (Å²) in [5.41, 5.74) is 4.90. The van der Waals surface area contributed by atoms with Crippen LogP contribution in [0.15, 0.2) is 18.5 Å². The zero-order valence-corrected chi connectivity index (χ0v) is 7.73. The van der Waals surface area contributed by atoms with Crippen LogP contribution in [0.5, 0.6) is 0 Å². The Hall–Kier alpha value is -2.02. The molecule has 1 saturated heterocycles. The summed E-state index contributed by atoms with van der Waals surface area (Å²) in [7, 11) is 0. The average Bonchev–Trinajstić information content (AvgIpc) is 2.66. The van der Waals surface area contributed by atoms with E-state index >= 15 is 0 Å². The molecular formula is C8H9N5O2. The number of nitrogens with zero attached hydrogens (tertiary/aromatic N) is 2. The van der Waals surface area contributed by atoms with E-state index in [1.807, 2.05) is 0 Å². The highest BCUT2D eigenvalue weighted by atomic mass is 16.2. The quantitative estimate of drug-likeness (QED) is 0.566.